The lowest BCUT2D eigenvalue weighted by Crippen LogP contribution is -2.39. The van der Waals surface area contributed by atoms with Crippen LogP contribution in [0.5, 0.6) is 0 Å². The molecule has 0 aromatic rings. The van der Waals surface area contributed by atoms with Crippen LogP contribution in [0.3, 0.4) is 0 Å². The van der Waals surface area contributed by atoms with E-state index in [1.165, 1.54) is 25.8 Å². The van der Waals surface area contributed by atoms with Gasteiger partial charge in [0, 0.05) is 31.7 Å². The van der Waals surface area contributed by atoms with Crippen molar-refractivity contribution in [2.24, 2.45) is 0 Å². The summed E-state index contributed by atoms with van der Waals surface area (Å²) < 4.78 is 5.39. The number of nitrogens with one attached hydrogen (secondary N) is 1. The summed E-state index contributed by atoms with van der Waals surface area (Å²) in [6.45, 7) is 7.44. The van der Waals surface area contributed by atoms with Gasteiger partial charge in [-0.2, -0.15) is 0 Å². The predicted octanol–water partition coefficient (Wildman–Crippen LogP) is 0.599. The van der Waals surface area contributed by atoms with E-state index in [0.29, 0.717) is 19.2 Å². The molecule has 0 aromatic carbocycles. The minimum atomic E-state index is -0.382. The topological polar surface area (TPSA) is 44.7 Å². The van der Waals surface area contributed by atoms with Gasteiger partial charge in [-0.3, -0.25) is 4.90 Å². The van der Waals surface area contributed by atoms with Gasteiger partial charge in [0.05, 0.1) is 18.8 Å². The molecule has 0 radical (unpaired) electrons. The molecule has 0 amide bonds. The maximum absolute atomic E-state index is 9.74. The molecule has 0 aromatic heterocycles. The molecule has 1 saturated carbocycles. The fourth-order valence-corrected chi connectivity index (χ4v) is 2.39. The first kappa shape index (κ1) is 13.3. The summed E-state index contributed by atoms with van der Waals surface area (Å²) in [5.74, 6) is 0. The highest BCUT2D eigenvalue weighted by molar-refractivity contribution is 4.91. The summed E-state index contributed by atoms with van der Waals surface area (Å²) in [5.41, 5.74) is 0. The Morgan fingerprint density at radius 3 is 2.76 bits per heavy atom. The highest BCUT2D eigenvalue weighted by Crippen LogP contribution is 2.29. The van der Waals surface area contributed by atoms with Crippen LogP contribution in [-0.4, -0.2) is 60.5 Å². The molecule has 0 spiro atoms. The van der Waals surface area contributed by atoms with Gasteiger partial charge < -0.3 is 15.2 Å². The second kappa shape index (κ2) is 6.14. The molecule has 1 saturated heterocycles. The van der Waals surface area contributed by atoms with Crippen molar-refractivity contribution in [2.45, 2.75) is 57.4 Å². The van der Waals surface area contributed by atoms with Gasteiger partial charge in [-0.25, -0.2) is 0 Å². The number of rotatable bonds is 7. The van der Waals surface area contributed by atoms with E-state index in [2.05, 4.69) is 10.2 Å². The molecular formula is C13H26N2O2. The summed E-state index contributed by atoms with van der Waals surface area (Å²) in [7, 11) is 0. The number of likely N-dealkylation sites (tertiary alicyclic amines) is 1. The zero-order valence-electron chi connectivity index (χ0n) is 11.1. The Balaban J connectivity index is 1.55. The van der Waals surface area contributed by atoms with Crippen LogP contribution < -0.4 is 5.32 Å². The maximum Gasteiger partial charge on any atom is 0.0897 e. The molecule has 1 aliphatic heterocycles. The third-order valence-corrected chi connectivity index (χ3v) is 3.55. The van der Waals surface area contributed by atoms with E-state index in [9.17, 15) is 5.11 Å². The molecule has 1 aliphatic carbocycles. The number of ether oxygens (including phenoxy) is 1. The SMILES string of the molecule is CC(C)OCC(O)CNC1CCN(C2CC2)C1. The normalized spacial score (nSPS) is 27.9. The van der Waals surface area contributed by atoms with Gasteiger partial charge in [0.1, 0.15) is 0 Å². The lowest BCUT2D eigenvalue weighted by Gasteiger charge is -2.18. The highest BCUT2D eigenvalue weighted by atomic mass is 16.5. The number of aliphatic hydroxyl groups excluding tert-OH is 1. The first-order valence-electron chi connectivity index (χ1n) is 6.92. The van der Waals surface area contributed by atoms with E-state index < -0.39 is 0 Å². The van der Waals surface area contributed by atoms with Crippen molar-refractivity contribution in [2.75, 3.05) is 26.2 Å². The Bertz CT molecular complexity index is 231. The van der Waals surface area contributed by atoms with Gasteiger partial charge in [0.2, 0.25) is 0 Å². The molecule has 100 valence electrons. The Hall–Kier alpha value is -0.160. The van der Waals surface area contributed by atoms with Gasteiger partial charge in [-0.1, -0.05) is 0 Å². The molecule has 2 atom stereocenters. The van der Waals surface area contributed by atoms with Crippen LogP contribution in [0.2, 0.25) is 0 Å². The van der Waals surface area contributed by atoms with E-state index in [-0.39, 0.29) is 12.2 Å². The molecule has 4 heteroatoms. The van der Waals surface area contributed by atoms with Crippen molar-refractivity contribution < 1.29 is 9.84 Å². The molecule has 1 heterocycles. The Labute approximate surface area is 104 Å². The van der Waals surface area contributed by atoms with Crippen molar-refractivity contribution in [1.82, 2.24) is 10.2 Å². The summed E-state index contributed by atoms with van der Waals surface area (Å²) in [5, 5.41) is 13.2. The van der Waals surface area contributed by atoms with Gasteiger partial charge in [-0.05, 0) is 33.1 Å². The molecule has 2 N–H and O–H groups in total. The van der Waals surface area contributed by atoms with Crippen LogP contribution in [0.25, 0.3) is 0 Å². The Kier molecular flexibility index (Phi) is 4.79. The second-order valence-electron chi connectivity index (χ2n) is 5.66. The third kappa shape index (κ3) is 4.54. The number of hydrogen-bond donors (Lipinski definition) is 2. The van der Waals surface area contributed by atoms with Crippen molar-refractivity contribution >= 4 is 0 Å². The van der Waals surface area contributed by atoms with Crippen molar-refractivity contribution in [3.8, 4) is 0 Å². The molecule has 17 heavy (non-hydrogen) atoms. The number of aliphatic hydroxyl groups is 1. The van der Waals surface area contributed by atoms with Crippen molar-refractivity contribution in [3.63, 3.8) is 0 Å². The van der Waals surface area contributed by atoms with E-state index in [1.807, 2.05) is 13.8 Å². The van der Waals surface area contributed by atoms with E-state index in [0.717, 1.165) is 12.6 Å². The Morgan fingerprint density at radius 2 is 2.12 bits per heavy atom. The molecular weight excluding hydrogens is 216 g/mol. The van der Waals surface area contributed by atoms with Crippen LogP contribution >= 0.6 is 0 Å². The van der Waals surface area contributed by atoms with Gasteiger partial charge in [-0.15, -0.1) is 0 Å². The van der Waals surface area contributed by atoms with Gasteiger partial charge in [0.25, 0.3) is 0 Å². The maximum atomic E-state index is 9.74. The van der Waals surface area contributed by atoms with Crippen molar-refractivity contribution in [3.05, 3.63) is 0 Å². The highest BCUT2D eigenvalue weighted by Gasteiger charge is 2.34. The summed E-state index contributed by atoms with van der Waals surface area (Å²) in [4.78, 5) is 2.58. The van der Waals surface area contributed by atoms with E-state index >= 15 is 0 Å². The fraction of sp³-hybridized carbons (Fsp3) is 1.00. The minimum absolute atomic E-state index is 0.196. The zero-order valence-corrected chi connectivity index (χ0v) is 11.1. The lowest BCUT2D eigenvalue weighted by atomic mass is 10.2. The van der Waals surface area contributed by atoms with E-state index in [1.54, 1.807) is 0 Å². The van der Waals surface area contributed by atoms with Crippen LogP contribution in [0.1, 0.15) is 33.1 Å². The van der Waals surface area contributed by atoms with Crippen molar-refractivity contribution in [1.29, 1.82) is 0 Å². The predicted molar refractivity (Wildman–Crippen MR) is 68.1 cm³/mol. The second-order valence-corrected chi connectivity index (χ2v) is 5.66. The quantitative estimate of drug-likeness (QED) is 0.686. The fourth-order valence-electron chi connectivity index (χ4n) is 2.39. The first-order chi connectivity index (χ1) is 8.15. The van der Waals surface area contributed by atoms with Gasteiger partial charge >= 0.3 is 0 Å². The Morgan fingerprint density at radius 1 is 1.35 bits per heavy atom. The largest absolute Gasteiger partial charge is 0.389 e. The minimum Gasteiger partial charge on any atom is -0.389 e. The third-order valence-electron chi connectivity index (χ3n) is 3.55. The van der Waals surface area contributed by atoms with Gasteiger partial charge in [0.15, 0.2) is 0 Å². The van der Waals surface area contributed by atoms with Crippen LogP contribution in [0.4, 0.5) is 0 Å². The monoisotopic (exact) mass is 242 g/mol. The average Bonchev–Trinajstić information content (AvgIpc) is 3.04. The molecule has 0 bridgehead atoms. The van der Waals surface area contributed by atoms with E-state index in [4.69, 9.17) is 4.74 Å². The lowest BCUT2D eigenvalue weighted by molar-refractivity contribution is 0.00554. The summed E-state index contributed by atoms with van der Waals surface area (Å²) >= 11 is 0. The average molecular weight is 242 g/mol. The summed E-state index contributed by atoms with van der Waals surface area (Å²) in [6, 6.07) is 1.43. The number of nitrogens with zero attached hydrogens (tertiary/aromatic N) is 1. The molecule has 2 fully saturated rings. The number of hydrogen-bond acceptors (Lipinski definition) is 4. The standard InChI is InChI=1S/C13H26N2O2/c1-10(2)17-9-13(16)7-14-11-5-6-15(8-11)12-3-4-12/h10-14,16H,3-9H2,1-2H3. The molecule has 2 aliphatic rings. The van der Waals surface area contributed by atoms with Crippen LogP contribution in [0.15, 0.2) is 0 Å². The molecule has 2 unspecified atom stereocenters. The zero-order chi connectivity index (χ0) is 12.3. The smallest absolute Gasteiger partial charge is 0.0897 e. The van der Waals surface area contributed by atoms with Crippen LogP contribution in [0, 0.1) is 0 Å². The van der Waals surface area contributed by atoms with Crippen LogP contribution in [-0.2, 0) is 4.74 Å². The first-order valence-corrected chi connectivity index (χ1v) is 6.92. The molecule has 2 rings (SSSR count). The molecule has 4 nitrogen and oxygen atoms in total. The summed E-state index contributed by atoms with van der Waals surface area (Å²) in [6.07, 6.45) is 3.80.